The highest BCUT2D eigenvalue weighted by Crippen LogP contribution is 2.40. The van der Waals surface area contributed by atoms with Gasteiger partial charge in [-0.05, 0) is 5.56 Å². The van der Waals surface area contributed by atoms with Crippen molar-refractivity contribution in [3.63, 3.8) is 0 Å². The van der Waals surface area contributed by atoms with Crippen LogP contribution in [0.4, 0.5) is 16.3 Å². The van der Waals surface area contributed by atoms with Crippen LogP contribution < -0.4 is 37.6 Å². The number of fused-ring (bicyclic) bond motifs is 1. The van der Waals surface area contributed by atoms with Gasteiger partial charge in [0.15, 0.2) is 18.1 Å². The number of anilines is 2. The van der Waals surface area contributed by atoms with Crippen LogP contribution in [0.1, 0.15) is 5.56 Å². The third-order valence-corrected chi connectivity index (χ3v) is 7.25. The predicted octanol–water partition coefficient (Wildman–Crippen LogP) is -1.71. The maximum Gasteiger partial charge on any atom is 0.355 e. The minimum absolute atomic E-state index is 0.0575. The van der Waals surface area contributed by atoms with Gasteiger partial charge in [0.2, 0.25) is 12.1 Å². The number of nitrogen functional groups attached to an aromatic ring is 1. The molecule has 3 heterocycles. The Kier molecular flexibility index (Phi) is 7.37. The molecule has 0 saturated carbocycles. The maximum absolute atomic E-state index is 13.2. The number of β-lactam (4-membered cyclic amide) rings is 1. The average molecular weight is 517 g/mol. The number of amides is 3. The largest absolute Gasteiger partial charge is 0.872 e. The molecule has 2 aromatic rings. The zero-order valence-electron chi connectivity index (χ0n) is 19.6. The Morgan fingerprint density at radius 2 is 2.03 bits per heavy atom. The van der Waals surface area contributed by atoms with Crippen LogP contribution in [0, 0.1) is 0 Å². The van der Waals surface area contributed by atoms with Crippen LogP contribution in [-0.2, 0) is 34.5 Å². The Bertz CT molecular complexity index is 1210. The average Bonchev–Trinajstić information content (AvgIpc) is 3.13. The summed E-state index contributed by atoms with van der Waals surface area (Å²) >= 11 is 1.46. The zero-order valence-corrected chi connectivity index (χ0v) is 20.4. The summed E-state index contributed by atoms with van der Waals surface area (Å²) in [5, 5.41) is 16.2. The molecular weight excluding hydrogens is 488 g/mol. The van der Waals surface area contributed by atoms with Crippen LogP contribution in [0.15, 0.2) is 41.7 Å². The molecule has 3 amide bonds. The van der Waals surface area contributed by atoms with Crippen LogP contribution in [0.25, 0.3) is 0 Å². The van der Waals surface area contributed by atoms with Gasteiger partial charge in [-0.2, -0.15) is 0 Å². The van der Waals surface area contributed by atoms with E-state index < -0.39 is 18.0 Å². The van der Waals surface area contributed by atoms with Gasteiger partial charge in [-0.25, -0.2) is 9.59 Å². The van der Waals surface area contributed by atoms with E-state index in [2.05, 4.69) is 10.6 Å². The fourth-order valence-corrected chi connectivity index (χ4v) is 5.19. The lowest BCUT2D eigenvalue weighted by Gasteiger charge is -2.47. The Labute approximate surface area is 211 Å². The Morgan fingerprint density at radius 1 is 1.31 bits per heavy atom. The second kappa shape index (κ2) is 10.5. The highest BCUT2D eigenvalue weighted by molar-refractivity contribution is 8.00. The van der Waals surface area contributed by atoms with Gasteiger partial charge in [0.25, 0.3) is 0 Å². The van der Waals surface area contributed by atoms with Crippen LogP contribution >= 0.6 is 11.8 Å². The molecule has 1 saturated heterocycles. The molecule has 2 atom stereocenters. The number of carbonyl (C=O) groups excluding carboxylic acids is 3. The summed E-state index contributed by atoms with van der Waals surface area (Å²) in [4.78, 5) is 39.2. The van der Waals surface area contributed by atoms with Crippen molar-refractivity contribution in [1.82, 2.24) is 14.9 Å². The van der Waals surface area contributed by atoms with Crippen molar-refractivity contribution in [3.05, 3.63) is 47.3 Å². The van der Waals surface area contributed by atoms with Crippen molar-refractivity contribution >= 4 is 41.2 Å². The van der Waals surface area contributed by atoms with E-state index in [1.54, 1.807) is 34.7 Å². The summed E-state index contributed by atoms with van der Waals surface area (Å²) in [5.74, 6) is -0.429. The van der Waals surface area contributed by atoms with Crippen molar-refractivity contribution in [2.45, 2.75) is 24.6 Å². The third-order valence-electron chi connectivity index (χ3n) is 5.89. The van der Waals surface area contributed by atoms with E-state index in [0.29, 0.717) is 41.5 Å². The minimum atomic E-state index is -0.690. The van der Waals surface area contributed by atoms with Gasteiger partial charge in [0, 0.05) is 24.4 Å². The number of aromatic nitrogens is 2. The van der Waals surface area contributed by atoms with E-state index in [9.17, 15) is 19.5 Å². The van der Waals surface area contributed by atoms with E-state index in [1.165, 1.54) is 28.8 Å². The number of rotatable bonds is 8. The molecule has 36 heavy (non-hydrogen) atoms. The number of esters is 1. The van der Waals surface area contributed by atoms with Gasteiger partial charge in [-0.15, -0.1) is 26.9 Å². The highest BCUT2D eigenvalue weighted by Gasteiger charge is 2.52. The molecule has 0 spiro atoms. The van der Waals surface area contributed by atoms with Crippen LogP contribution in [0.3, 0.4) is 0 Å². The number of nitrogens with two attached hydrogens (primary N) is 3. The first-order valence-electron chi connectivity index (χ1n) is 11.2. The summed E-state index contributed by atoms with van der Waals surface area (Å²) in [5.41, 5.74) is 19.3. The lowest BCUT2D eigenvalue weighted by atomic mass is 10.0. The van der Waals surface area contributed by atoms with Crippen molar-refractivity contribution in [3.8, 4) is 5.75 Å². The van der Waals surface area contributed by atoms with Crippen LogP contribution in [0.5, 0.6) is 5.75 Å². The fraction of sp³-hybridized carbons (Fsp3) is 0.364. The van der Waals surface area contributed by atoms with Crippen LogP contribution in [0.2, 0.25) is 0 Å². The van der Waals surface area contributed by atoms with E-state index in [0.717, 1.165) is 0 Å². The second-order valence-electron chi connectivity index (χ2n) is 8.33. The molecule has 8 N–H and O–H groups in total. The molecule has 192 valence electrons. The highest BCUT2D eigenvalue weighted by atomic mass is 32.2. The number of nitrogens with zero attached hydrogens (tertiary/aromatic N) is 3. The van der Waals surface area contributed by atoms with Crippen molar-refractivity contribution in [1.29, 1.82) is 0 Å². The smallest absolute Gasteiger partial charge is 0.355 e. The van der Waals surface area contributed by atoms with Crippen LogP contribution in [-0.4, -0.2) is 57.7 Å². The summed E-state index contributed by atoms with van der Waals surface area (Å²) in [6.07, 6.45) is 1.64. The van der Waals surface area contributed by atoms with Gasteiger partial charge >= 0.3 is 12.0 Å². The lowest BCUT2D eigenvalue weighted by Crippen LogP contribution is -2.68. The van der Waals surface area contributed by atoms with Gasteiger partial charge in [-0.3, -0.25) is 15.0 Å². The molecule has 0 bridgehead atoms. The normalized spacial score (nSPS) is 19.0. The lowest BCUT2D eigenvalue weighted by molar-refractivity contribution is -0.765. The number of nitrogens with one attached hydrogen (secondary N) is 2. The molecule has 1 fully saturated rings. The summed E-state index contributed by atoms with van der Waals surface area (Å²) < 4.78 is 8.84. The first kappa shape index (κ1) is 25.3. The summed E-state index contributed by atoms with van der Waals surface area (Å²) in [6.45, 7) is 0.757. The minimum Gasteiger partial charge on any atom is -0.872 e. The van der Waals surface area contributed by atoms with Gasteiger partial charge < -0.3 is 32.4 Å². The van der Waals surface area contributed by atoms with E-state index in [-0.39, 0.29) is 35.9 Å². The predicted molar refractivity (Wildman–Crippen MR) is 130 cm³/mol. The molecule has 2 aliphatic rings. The molecule has 13 nitrogen and oxygen atoms in total. The number of urea groups is 1. The first-order chi connectivity index (χ1) is 17.2. The van der Waals surface area contributed by atoms with Crippen molar-refractivity contribution in [2.75, 3.05) is 29.9 Å². The number of thioether (sulfide) groups is 1. The molecule has 4 rings (SSSR count). The Balaban J connectivity index is 1.58. The molecule has 0 aliphatic carbocycles. The van der Waals surface area contributed by atoms with Crippen molar-refractivity contribution < 1.29 is 28.9 Å². The standard InChI is InChI=1S/C22H28N8O5S/c1-28-18(25)15(27-22(34)26-7-6-23)9-29(28)8-13-11-36-20-16(24)19(32)30(20)17(13)21(33)35-10-12-2-4-14(31)5-3-12/h2-5,9,16,20,25H,6-8,10-11,23-24H2,1H3,(H3,26,27,31,34)/t16-,20-/m1/s1. The topological polar surface area (TPSA) is 198 Å². The number of carbonyl (C=O) groups is 3. The molecule has 0 radical (unpaired) electrons. The van der Waals surface area contributed by atoms with Gasteiger partial charge in [0.05, 0.1) is 7.05 Å². The molecule has 2 aliphatic heterocycles. The Hall–Kier alpha value is -3.75. The van der Waals surface area contributed by atoms with E-state index in [4.69, 9.17) is 21.9 Å². The summed E-state index contributed by atoms with van der Waals surface area (Å²) in [7, 11) is 1.71. The molecular formula is C22H28N8O5S. The number of benzene rings is 1. The Morgan fingerprint density at radius 3 is 2.72 bits per heavy atom. The summed E-state index contributed by atoms with van der Waals surface area (Å²) in [6, 6.07) is 4.79. The SMILES string of the molecule is Cn1c(N)c(NC(=O)NCCN)c[n+]1CC1=C(C(=O)OCc2ccc([O-])cc2)N2C(=O)[C@@H](N)[C@H]2SC1. The molecule has 1 aromatic carbocycles. The molecule has 0 unspecified atom stereocenters. The van der Waals surface area contributed by atoms with E-state index >= 15 is 0 Å². The number of ether oxygens (including phenoxy) is 1. The quantitative estimate of drug-likeness (QED) is 0.154. The van der Waals surface area contributed by atoms with Crippen molar-refractivity contribution in [2.24, 2.45) is 18.5 Å². The number of hydrogen-bond donors (Lipinski definition) is 5. The monoisotopic (exact) mass is 516 g/mol. The first-order valence-corrected chi connectivity index (χ1v) is 12.2. The third kappa shape index (κ3) is 4.96. The maximum atomic E-state index is 13.2. The van der Waals surface area contributed by atoms with Gasteiger partial charge in [0.1, 0.15) is 23.7 Å². The molecule has 1 aromatic heterocycles. The van der Waals surface area contributed by atoms with E-state index in [1.807, 2.05) is 0 Å². The van der Waals surface area contributed by atoms with Gasteiger partial charge in [-0.1, -0.05) is 24.3 Å². The zero-order chi connectivity index (χ0) is 26.0. The fourth-order valence-electron chi connectivity index (χ4n) is 3.90. The number of hydrogen-bond acceptors (Lipinski definition) is 9. The second-order valence-corrected chi connectivity index (χ2v) is 9.43. The molecule has 14 heteroatoms.